The number of aliphatic hydroxyl groups excluding tert-OH is 8. The molecule has 0 bridgehead atoms. The average molecular weight is 1540 g/mol. The third kappa shape index (κ3) is 24.1. The zero-order chi connectivity index (χ0) is 78.4. The van der Waals surface area contributed by atoms with E-state index in [4.69, 9.17) is 58.1 Å². The molecule has 9 amide bonds. The number of H-pyrrole nitrogens is 1. The first-order valence-corrected chi connectivity index (χ1v) is 35.6. The second kappa shape index (κ2) is 41.2. The number of nitrogens with two attached hydrogens (primary N) is 6. The number of aromatic nitrogens is 6. The van der Waals surface area contributed by atoms with Gasteiger partial charge in [-0.2, -0.15) is 0 Å². The molecular formula is C62H98N20O22S2. The van der Waals surface area contributed by atoms with Gasteiger partial charge in [-0.05, 0) is 59.0 Å². The van der Waals surface area contributed by atoms with Crippen LogP contribution in [0.5, 0.6) is 0 Å². The topological polar surface area (TPSA) is 694 Å². The van der Waals surface area contributed by atoms with Gasteiger partial charge in [-0.25, -0.2) is 29.7 Å². The lowest BCUT2D eigenvalue weighted by atomic mass is 9.96. The van der Waals surface area contributed by atoms with Crippen molar-refractivity contribution in [2.45, 2.75) is 190 Å². The molecule has 2 aliphatic rings. The number of primary amides is 3. The number of nitrogens with zero attached hydrogens (tertiary/aromatic N) is 5. The number of hydrogen-bond donors (Lipinski definition) is 23. The van der Waals surface area contributed by atoms with E-state index < -0.39 is 189 Å². The Morgan fingerprint density at radius 3 is 2.00 bits per heavy atom. The van der Waals surface area contributed by atoms with Crippen molar-refractivity contribution in [3.05, 3.63) is 56.8 Å². The molecule has 0 spiro atoms. The molecule has 2 saturated heterocycles. The molecule has 0 aromatic carbocycles. The lowest BCUT2D eigenvalue weighted by molar-refractivity contribution is -0.372. The van der Waals surface area contributed by atoms with Crippen molar-refractivity contribution in [2.24, 2.45) is 40.5 Å². The first-order chi connectivity index (χ1) is 50.2. The summed E-state index contributed by atoms with van der Waals surface area (Å²) in [7, 11) is 0. The summed E-state index contributed by atoms with van der Waals surface area (Å²) < 4.78 is 28.8. The van der Waals surface area contributed by atoms with Gasteiger partial charge in [-0.15, -0.1) is 22.7 Å². The summed E-state index contributed by atoms with van der Waals surface area (Å²) in [4.78, 5) is 143. The molecule has 4 aromatic heterocycles. The molecule has 106 heavy (non-hydrogen) atoms. The van der Waals surface area contributed by atoms with Crippen molar-refractivity contribution in [3.8, 4) is 10.7 Å². The number of aliphatic hydroxyl groups is 8. The van der Waals surface area contributed by atoms with E-state index in [0.29, 0.717) is 41.8 Å². The van der Waals surface area contributed by atoms with Crippen LogP contribution < -0.4 is 76.9 Å². The lowest BCUT2D eigenvalue weighted by Gasteiger charge is -2.47. The fourth-order valence-electron chi connectivity index (χ4n) is 10.8. The maximum absolute atomic E-state index is 15.2. The predicted molar refractivity (Wildman–Crippen MR) is 373 cm³/mol. The summed E-state index contributed by atoms with van der Waals surface area (Å²) in [6.45, 7) is 8.70. The number of nitrogen functional groups attached to an aromatic ring is 1. The second-order valence-corrected chi connectivity index (χ2v) is 27.4. The van der Waals surface area contributed by atoms with Crippen LogP contribution in [0.3, 0.4) is 0 Å². The van der Waals surface area contributed by atoms with Gasteiger partial charge in [0.2, 0.25) is 35.4 Å². The second-order valence-electron chi connectivity index (χ2n) is 25.6. The minimum absolute atomic E-state index is 0.0290. The molecule has 6 rings (SSSR count). The first kappa shape index (κ1) is 86.7. The summed E-state index contributed by atoms with van der Waals surface area (Å²) in [6.07, 6.45) is -23.0. The number of imidazole rings is 1. The number of anilines is 1. The van der Waals surface area contributed by atoms with Crippen LogP contribution in [-0.2, 0) is 58.9 Å². The number of ether oxygens (including phenoxy) is 5. The number of aromatic amines is 1. The number of thiazole rings is 2. The van der Waals surface area contributed by atoms with Gasteiger partial charge in [-0.3, -0.25) is 38.4 Å². The zero-order valence-corrected chi connectivity index (χ0v) is 60.6. The fourth-order valence-corrected chi connectivity index (χ4v) is 12.4. The Bertz CT molecular complexity index is 3560. The molecule has 0 aliphatic carbocycles. The molecule has 29 N–H and O–H groups in total. The molecule has 4 aromatic rings. The van der Waals surface area contributed by atoms with E-state index in [1.54, 1.807) is 10.8 Å². The van der Waals surface area contributed by atoms with Crippen LogP contribution >= 0.6 is 22.7 Å². The van der Waals surface area contributed by atoms with Gasteiger partial charge in [-0.1, -0.05) is 20.8 Å². The van der Waals surface area contributed by atoms with Gasteiger partial charge in [0.15, 0.2) is 18.7 Å². The Balaban J connectivity index is 1.16. The Morgan fingerprint density at radius 2 is 1.36 bits per heavy atom. The van der Waals surface area contributed by atoms with Gasteiger partial charge in [0.25, 0.3) is 11.8 Å². The molecule has 44 heteroatoms. The minimum atomic E-state index is -2.21. The fraction of sp³-hybridized carbons (Fsp3) is 0.645. The number of unbranched alkanes of at least 4 members (excludes halogenated alkanes) is 1. The summed E-state index contributed by atoms with van der Waals surface area (Å²) in [5, 5.41) is 114. The van der Waals surface area contributed by atoms with Crippen LogP contribution in [0.25, 0.3) is 10.7 Å². The Kier molecular flexibility index (Phi) is 33.7. The average Bonchev–Trinajstić information content (AvgIpc) is 0.807. The molecule has 0 radical (unpaired) electrons. The van der Waals surface area contributed by atoms with Gasteiger partial charge in [0, 0.05) is 55.3 Å². The lowest BCUT2D eigenvalue weighted by Crippen LogP contribution is -2.65. The van der Waals surface area contributed by atoms with Gasteiger partial charge >= 0.3 is 6.09 Å². The van der Waals surface area contributed by atoms with Gasteiger partial charge < -0.3 is 146 Å². The van der Waals surface area contributed by atoms with Crippen LogP contribution in [0, 0.1) is 18.8 Å². The molecule has 2 fully saturated rings. The zero-order valence-electron chi connectivity index (χ0n) is 58.9. The van der Waals surface area contributed by atoms with Crippen molar-refractivity contribution in [3.63, 3.8) is 0 Å². The maximum Gasteiger partial charge on any atom is 0.404 e. The van der Waals surface area contributed by atoms with Gasteiger partial charge in [0.05, 0.1) is 78.7 Å². The minimum Gasteiger partial charge on any atom is -0.441 e. The van der Waals surface area contributed by atoms with Crippen LogP contribution in [0.1, 0.15) is 116 Å². The molecule has 42 nitrogen and oxygen atoms in total. The number of amides is 9. The highest BCUT2D eigenvalue weighted by molar-refractivity contribution is 7.14. The summed E-state index contributed by atoms with van der Waals surface area (Å²) in [5.74, 6) is -8.94. The SMILES string of the molecule is Cc1c(N)nc([C@H](CC(N)=O)NC[C@H](N)C(N)=O)nc1C(=O)N[C@H](C(=O)N[C@H](C)[C@@H](O)[C@H](C)C(=O)N[C@H](C(=O)NCCc1nc(-c2nc(C(=O)NCCCNCCCCNC(=O)[C@@H](N)C(C)C)cs2)cs1)[C@@H](C)O)[C@@H](O[C@@H]1O[C@@H](CO)[C@@H](O)[C@H](O)[C@@H]1O[C@H]1O[C@H](CO)[C@@H](O)[C@H](OC(N)=O)[C@@H]1O)c1cnc[nH]1. The number of nitrogens with one attached hydrogen (secondary N) is 9. The highest BCUT2D eigenvalue weighted by atomic mass is 32.1. The van der Waals surface area contributed by atoms with Crippen molar-refractivity contribution in [1.29, 1.82) is 0 Å². The monoisotopic (exact) mass is 1540 g/mol. The Labute approximate surface area is 615 Å². The van der Waals surface area contributed by atoms with Crippen LogP contribution in [-0.4, -0.2) is 280 Å². The molecule has 20 atom stereocenters. The van der Waals surface area contributed by atoms with E-state index in [1.165, 1.54) is 50.4 Å². The van der Waals surface area contributed by atoms with Crippen molar-refractivity contribution in [2.75, 3.05) is 58.2 Å². The standard InChI is InChI=1S/C62H98N20O22S2/c1-24(2)38(65)55(95)72-13-8-7-11-69-12-9-14-71-54(94)32-21-106-59(78-32)33-22-105-37(77-33)10-15-73-56(96)40(28(6)85)80-53(93)26(4)42(87)27(5)76-58(98)41(81-57(97)39-25(3)50(66)82-52(79-39)30(16-36(64)86)74-17-29(63)51(67)92)47(31-18-70-23-75-31)102-61-49(45(90)43(88)34(19-83)101-61)103-60-46(91)48(104-62(68)99)44(89)35(20-84)100-60/h18,21-24,26-30,34-35,38,40-49,60-61,69,74,83-85,87-91H,7-17,19-20,63,65H2,1-6H3,(H2,64,86)(H2,67,92)(H2,68,99)(H,70,75)(H,71,94)(H,72,95)(H,73,96)(H,76,98)(H,80,93)(H,81,97)(H2,66,79,82)/t26-,27+,28+,29-,30-,34-,35+,38-,40-,41-,42-,43+,44+,45-,46-,47-,48-,49-,60+,61-/m0/s1. The smallest absolute Gasteiger partial charge is 0.404 e. The largest absolute Gasteiger partial charge is 0.441 e. The number of carbonyl (C=O) groups excluding carboxylic acids is 9. The van der Waals surface area contributed by atoms with E-state index >= 15 is 4.79 Å². The normalized spacial score (nSPS) is 23.1. The van der Waals surface area contributed by atoms with Crippen molar-refractivity contribution >= 4 is 81.8 Å². The molecule has 6 heterocycles. The highest BCUT2D eigenvalue weighted by Crippen LogP contribution is 2.35. The van der Waals surface area contributed by atoms with E-state index in [0.717, 1.165) is 31.9 Å². The first-order valence-electron chi connectivity index (χ1n) is 33.9. The predicted octanol–water partition coefficient (Wildman–Crippen LogP) is -8.11. The van der Waals surface area contributed by atoms with Gasteiger partial charge in [0.1, 0.15) is 94.6 Å². The third-order valence-electron chi connectivity index (χ3n) is 17.2. The molecule has 0 unspecified atom stereocenters. The van der Waals surface area contributed by atoms with Crippen molar-refractivity contribution < 1.29 is 108 Å². The number of carbonyl (C=O) groups is 9. The summed E-state index contributed by atoms with van der Waals surface area (Å²) >= 11 is 2.47. The number of hydrogen-bond acceptors (Lipinski definition) is 34. The third-order valence-corrected chi connectivity index (χ3v) is 19.0. The highest BCUT2D eigenvalue weighted by Gasteiger charge is 2.54. The molecule has 0 saturated carbocycles. The van der Waals surface area contributed by atoms with E-state index in [9.17, 15) is 79.2 Å². The van der Waals surface area contributed by atoms with E-state index in [1.807, 2.05) is 13.8 Å². The molecule has 2 aliphatic heterocycles. The molecular weight excluding hydrogens is 1440 g/mol. The van der Waals surface area contributed by atoms with Crippen molar-refractivity contribution in [1.82, 2.24) is 72.4 Å². The van der Waals surface area contributed by atoms with E-state index in [-0.39, 0.29) is 65.8 Å². The Morgan fingerprint density at radius 1 is 0.698 bits per heavy atom. The van der Waals surface area contributed by atoms with E-state index in [2.05, 4.69) is 72.4 Å². The van der Waals surface area contributed by atoms with Crippen LogP contribution in [0.4, 0.5) is 10.6 Å². The molecule has 590 valence electrons. The summed E-state index contributed by atoms with van der Waals surface area (Å²) in [5.41, 5.74) is 33.9. The van der Waals surface area contributed by atoms with Crippen LogP contribution in [0.2, 0.25) is 0 Å². The Hall–Kier alpha value is -8.26. The summed E-state index contributed by atoms with van der Waals surface area (Å²) in [6, 6.07) is -8.45. The quantitative estimate of drug-likeness (QED) is 0.0183. The number of rotatable bonds is 42. The maximum atomic E-state index is 15.2. The van der Waals surface area contributed by atoms with Crippen LogP contribution in [0.15, 0.2) is 23.3 Å².